The summed E-state index contributed by atoms with van der Waals surface area (Å²) in [5.74, 6) is -0.138. The number of rotatable bonds is 4. The number of aryl methyl sites for hydroxylation is 3. The van der Waals surface area contributed by atoms with Crippen molar-refractivity contribution in [2.75, 3.05) is 31.6 Å². The molecule has 28 heavy (non-hydrogen) atoms. The molecule has 146 valence electrons. The van der Waals surface area contributed by atoms with E-state index >= 15 is 0 Å². The molecule has 0 bridgehead atoms. The summed E-state index contributed by atoms with van der Waals surface area (Å²) in [5, 5.41) is 8.34. The summed E-state index contributed by atoms with van der Waals surface area (Å²) in [5.41, 5.74) is 4.86. The number of hydrogen-bond donors (Lipinski definition) is 1. The number of nitrogens with zero attached hydrogens (tertiary/aromatic N) is 4. The monoisotopic (exact) mass is 379 g/mol. The van der Waals surface area contributed by atoms with Gasteiger partial charge in [0.25, 0.3) is 5.91 Å². The molecule has 1 fully saturated rings. The average Bonchev–Trinajstić information content (AvgIpc) is 2.97. The molecule has 1 N–H and O–H groups in total. The zero-order valence-corrected chi connectivity index (χ0v) is 16.5. The lowest BCUT2D eigenvalue weighted by molar-refractivity contribution is 0.0342. The van der Waals surface area contributed by atoms with Crippen LogP contribution in [0.3, 0.4) is 0 Å². The van der Waals surface area contributed by atoms with Gasteiger partial charge in [-0.2, -0.15) is 5.10 Å². The third kappa shape index (κ3) is 3.63. The van der Waals surface area contributed by atoms with Crippen LogP contribution in [-0.2, 0) is 18.3 Å². The summed E-state index contributed by atoms with van der Waals surface area (Å²) in [4.78, 5) is 20.1. The van der Waals surface area contributed by atoms with Crippen LogP contribution in [-0.4, -0.2) is 51.9 Å². The summed E-state index contributed by atoms with van der Waals surface area (Å²) in [6.07, 6.45) is 0. The number of amides is 1. The number of ether oxygens (including phenoxy) is 1. The number of anilines is 1. The van der Waals surface area contributed by atoms with Gasteiger partial charge >= 0.3 is 0 Å². The molecule has 0 saturated carbocycles. The second-order valence-electron chi connectivity index (χ2n) is 7.22. The first-order chi connectivity index (χ1) is 13.5. The Morgan fingerprint density at radius 2 is 1.96 bits per heavy atom. The van der Waals surface area contributed by atoms with Crippen molar-refractivity contribution in [2.24, 2.45) is 7.05 Å². The fourth-order valence-corrected chi connectivity index (χ4v) is 3.72. The van der Waals surface area contributed by atoms with Crippen molar-refractivity contribution >= 4 is 22.6 Å². The van der Waals surface area contributed by atoms with Crippen LogP contribution in [0, 0.1) is 13.8 Å². The number of nitrogens with one attached hydrogen (secondary N) is 1. The molecule has 7 nitrogen and oxygen atoms in total. The van der Waals surface area contributed by atoms with Crippen LogP contribution in [0.4, 0.5) is 5.69 Å². The van der Waals surface area contributed by atoms with Gasteiger partial charge in [0.15, 0.2) is 5.65 Å². The van der Waals surface area contributed by atoms with Gasteiger partial charge in [0.2, 0.25) is 0 Å². The molecule has 0 radical (unpaired) electrons. The fourth-order valence-electron chi connectivity index (χ4n) is 3.72. The zero-order chi connectivity index (χ0) is 19.7. The SMILES string of the molecule is Cc1cc(C(=O)Nc2ccccc2CN2CCOCC2)c2c(C)nn(C)c2n1. The van der Waals surface area contributed by atoms with Gasteiger partial charge in [0.1, 0.15) is 0 Å². The minimum atomic E-state index is -0.138. The van der Waals surface area contributed by atoms with Gasteiger partial charge in [-0.25, -0.2) is 4.98 Å². The lowest BCUT2D eigenvalue weighted by Gasteiger charge is -2.27. The van der Waals surface area contributed by atoms with E-state index in [0.29, 0.717) is 5.56 Å². The van der Waals surface area contributed by atoms with Crippen molar-refractivity contribution < 1.29 is 9.53 Å². The molecular weight excluding hydrogens is 354 g/mol. The number of hydrogen-bond acceptors (Lipinski definition) is 5. The first kappa shape index (κ1) is 18.6. The van der Waals surface area contributed by atoms with Crippen molar-refractivity contribution in [1.29, 1.82) is 0 Å². The minimum Gasteiger partial charge on any atom is -0.379 e. The molecule has 1 saturated heterocycles. The predicted octanol–water partition coefficient (Wildman–Crippen LogP) is 2.67. The standard InChI is InChI=1S/C21H25N5O2/c1-14-12-17(19-15(2)24-25(3)20(19)22-14)21(27)23-18-7-5-4-6-16(18)13-26-8-10-28-11-9-26/h4-7,12H,8-11,13H2,1-3H3,(H,23,27). The van der Waals surface area contributed by atoms with E-state index in [0.717, 1.165) is 66.5 Å². The summed E-state index contributed by atoms with van der Waals surface area (Å²) >= 11 is 0. The van der Waals surface area contributed by atoms with Crippen LogP contribution >= 0.6 is 0 Å². The minimum absolute atomic E-state index is 0.138. The number of pyridine rings is 1. The van der Waals surface area contributed by atoms with Gasteiger partial charge in [0, 0.05) is 38.1 Å². The van der Waals surface area contributed by atoms with Crippen LogP contribution in [0.15, 0.2) is 30.3 Å². The molecule has 0 atom stereocenters. The second-order valence-corrected chi connectivity index (χ2v) is 7.22. The summed E-state index contributed by atoms with van der Waals surface area (Å²) in [7, 11) is 1.85. The van der Waals surface area contributed by atoms with E-state index in [2.05, 4.69) is 26.4 Å². The van der Waals surface area contributed by atoms with Crippen LogP contribution in [0.5, 0.6) is 0 Å². The normalized spacial score (nSPS) is 15.1. The zero-order valence-electron chi connectivity index (χ0n) is 16.5. The van der Waals surface area contributed by atoms with Crippen LogP contribution in [0.1, 0.15) is 27.3 Å². The maximum Gasteiger partial charge on any atom is 0.256 e. The number of para-hydroxylation sites is 1. The Bertz CT molecular complexity index is 1020. The summed E-state index contributed by atoms with van der Waals surface area (Å²) < 4.78 is 7.15. The first-order valence-corrected chi connectivity index (χ1v) is 9.53. The van der Waals surface area contributed by atoms with Crippen LogP contribution in [0.2, 0.25) is 0 Å². The number of benzene rings is 1. The second kappa shape index (κ2) is 7.69. The third-order valence-electron chi connectivity index (χ3n) is 5.10. The van der Waals surface area contributed by atoms with Gasteiger partial charge in [-0.3, -0.25) is 14.4 Å². The lowest BCUT2D eigenvalue weighted by atomic mass is 10.1. The van der Waals surface area contributed by atoms with Gasteiger partial charge < -0.3 is 10.1 Å². The van der Waals surface area contributed by atoms with E-state index < -0.39 is 0 Å². The Kier molecular flexibility index (Phi) is 5.11. The van der Waals surface area contributed by atoms with Crippen molar-refractivity contribution in [3.8, 4) is 0 Å². The Balaban J connectivity index is 1.64. The maximum absolute atomic E-state index is 13.2. The number of carbonyl (C=O) groups excluding carboxylic acids is 1. The highest BCUT2D eigenvalue weighted by Gasteiger charge is 2.19. The van der Waals surface area contributed by atoms with Crippen LogP contribution < -0.4 is 5.32 Å². The first-order valence-electron chi connectivity index (χ1n) is 9.53. The molecule has 1 aliphatic rings. The van der Waals surface area contributed by atoms with Crippen molar-refractivity contribution in [2.45, 2.75) is 20.4 Å². The Labute approximate surface area is 164 Å². The molecule has 0 spiro atoms. The summed E-state index contributed by atoms with van der Waals surface area (Å²) in [6.45, 7) is 7.90. The Hall–Kier alpha value is -2.77. The van der Waals surface area contributed by atoms with Crippen molar-refractivity contribution in [3.63, 3.8) is 0 Å². The summed E-state index contributed by atoms with van der Waals surface area (Å²) in [6, 6.07) is 9.80. The van der Waals surface area contributed by atoms with Crippen molar-refractivity contribution in [1.82, 2.24) is 19.7 Å². The molecule has 0 aliphatic carbocycles. The largest absolute Gasteiger partial charge is 0.379 e. The smallest absolute Gasteiger partial charge is 0.256 e. The molecule has 1 amide bonds. The van der Waals surface area contributed by atoms with E-state index in [1.165, 1.54) is 0 Å². The highest BCUT2D eigenvalue weighted by Crippen LogP contribution is 2.24. The quantitative estimate of drug-likeness (QED) is 0.755. The molecular formula is C21H25N5O2. The molecule has 7 heteroatoms. The van der Waals surface area contributed by atoms with Crippen molar-refractivity contribution in [3.05, 3.63) is 52.8 Å². The fraction of sp³-hybridized carbons (Fsp3) is 0.381. The lowest BCUT2D eigenvalue weighted by Crippen LogP contribution is -2.35. The van der Waals surface area contributed by atoms with Gasteiger partial charge in [-0.05, 0) is 31.5 Å². The molecule has 1 aromatic carbocycles. The number of morpholine rings is 1. The van der Waals surface area contributed by atoms with Crippen LogP contribution in [0.25, 0.3) is 11.0 Å². The third-order valence-corrected chi connectivity index (χ3v) is 5.10. The molecule has 4 rings (SSSR count). The highest BCUT2D eigenvalue weighted by molar-refractivity contribution is 6.12. The number of carbonyl (C=O) groups is 1. The van der Waals surface area contributed by atoms with Gasteiger partial charge in [-0.1, -0.05) is 18.2 Å². The molecule has 1 aliphatic heterocycles. The average molecular weight is 379 g/mol. The number of aromatic nitrogens is 3. The van der Waals surface area contributed by atoms with E-state index in [4.69, 9.17) is 4.74 Å². The van der Waals surface area contributed by atoms with E-state index in [-0.39, 0.29) is 5.91 Å². The molecule has 3 heterocycles. The Morgan fingerprint density at radius 3 is 2.75 bits per heavy atom. The van der Waals surface area contributed by atoms with Gasteiger partial charge in [-0.15, -0.1) is 0 Å². The van der Waals surface area contributed by atoms with E-state index in [9.17, 15) is 4.79 Å². The maximum atomic E-state index is 13.2. The molecule has 3 aromatic rings. The van der Waals surface area contributed by atoms with Gasteiger partial charge in [0.05, 0.1) is 29.9 Å². The van der Waals surface area contributed by atoms with E-state index in [1.54, 1.807) is 4.68 Å². The molecule has 2 aromatic heterocycles. The highest BCUT2D eigenvalue weighted by atomic mass is 16.5. The van der Waals surface area contributed by atoms with E-state index in [1.807, 2.05) is 45.2 Å². The number of fused-ring (bicyclic) bond motifs is 1. The predicted molar refractivity (Wildman–Crippen MR) is 108 cm³/mol. The Morgan fingerprint density at radius 1 is 1.21 bits per heavy atom. The molecule has 0 unspecified atom stereocenters. The topological polar surface area (TPSA) is 72.3 Å².